The van der Waals surface area contributed by atoms with E-state index in [4.69, 9.17) is 9.47 Å². The highest BCUT2D eigenvalue weighted by molar-refractivity contribution is 5.65. The number of halogens is 3. The second kappa shape index (κ2) is 10.4. The largest absolute Gasteiger partial charge is 0.490 e. The van der Waals surface area contributed by atoms with Crippen molar-refractivity contribution in [2.45, 2.75) is 57.5 Å². The van der Waals surface area contributed by atoms with Crippen molar-refractivity contribution in [1.82, 2.24) is 0 Å². The zero-order valence-electron chi connectivity index (χ0n) is 20.0. The number of hydrogen-bond donors (Lipinski definition) is 0. The minimum absolute atomic E-state index is 0.0134. The lowest BCUT2D eigenvalue weighted by molar-refractivity contribution is 0.193. The van der Waals surface area contributed by atoms with E-state index < -0.39 is 11.6 Å². The number of hydrogen-bond acceptors (Lipinski definition) is 2. The third-order valence-corrected chi connectivity index (χ3v) is 7.34. The number of aryl methyl sites for hydroxylation is 1. The van der Waals surface area contributed by atoms with Crippen molar-refractivity contribution < 1.29 is 22.6 Å². The van der Waals surface area contributed by atoms with Gasteiger partial charge in [-0.1, -0.05) is 55.8 Å². The van der Waals surface area contributed by atoms with Crippen LogP contribution < -0.4 is 4.74 Å². The Morgan fingerprint density at radius 2 is 1.63 bits per heavy atom. The Labute approximate surface area is 205 Å². The summed E-state index contributed by atoms with van der Waals surface area (Å²) in [6.45, 7) is 3.18. The molecule has 0 bridgehead atoms. The molecule has 1 aliphatic heterocycles. The molecule has 0 N–H and O–H groups in total. The van der Waals surface area contributed by atoms with Gasteiger partial charge in [-0.2, -0.15) is 0 Å². The van der Waals surface area contributed by atoms with Gasteiger partial charge < -0.3 is 9.47 Å². The Morgan fingerprint density at radius 1 is 0.886 bits per heavy atom. The predicted molar refractivity (Wildman–Crippen MR) is 131 cm³/mol. The molecule has 1 saturated heterocycles. The maximum absolute atomic E-state index is 15.1. The average Bonchev–Trinajstić information content (AvgIpc) is 3.72. The van der Waals surface area contributed by atoms with Crippen LogP contribution in [0.4, 0.5) is 13.2 Å². The Morgan fingerprint density at radius 3 is 2.29 bits per heavy atom. The van der Waals surface area contributed by atoms with Crippen molar-refractivity contribution in [3.8, 4) is 16.9 Å². The third kappa shape index (κ3) is 5.40. The summed E-state index contributed by atoms with van der Waals surface area (Å²) in [7, 11) is 0. The molecule has 1 heterocycles. The zero-order valence-corrected chi connectivity index (χ0v) is 20.0. The first-order valence-corrected chi connectivity index (χ1v) is 12.6. The molecule has 1 unspecified atom stereocenters. The summed E-state index contributed by atoms with van der Waals surface area (Å²) >= 11 is 0. The standard InChI is InChI=1S/C30H31F3O2/c1-2-3-19-4-8-21(9-5-19)24-13-14-25(30(33)29(24)32)22-10-6-20(7-11-22)17-34-27-15-12-23(16-26(27)31)28-18-35-28/h4-5,8-9,12-16,20,22,28H,2-3,6-7,10-11,17-18H2,1H3. The topological polar surface area (TPSA) is 21.8 Å². The first-order chi connectivity index (χ1) is 17.0. The van der Waals surface area contributed by atoms with Crippen LogP contribution in [0.3, 0.4) is 0 Å². The fourth-order valence-corrected chi connectivity index (χ4v) is 5.17. The van der Waals surface area contributed by atoms with Crippen LogP contribution in [0.25, 0.3) is 11.1 Å². The number of rotatable bonds is 8. The van der Waals surface area contributed by atoms with E-state index in [1.54, 1.807) is 18.2 Å². The summed E-state index contributed by atoms with van der Waals surface area (Å²) in [5.41, 5.74) is 3.49. The maximum atomic E-state index is 15.1. The third-order valence-electron chi connectivity index (χ3n) is 7.34. The molecule has 2 aliphatic rings. The van der Waals surface area contributed by atoms with Gasteiger partial charge in [-0.3, -0.25) is 0 Å². The van der Waals surface area contributed by atoms with E-state index in [-0.39, 0.29) is 29.5 Å². The normalized spacial score (nSPS) is 21.7. The van der Waals surface area contributed by atoms with E-state index in [0.717, 1.165) is 44.1 Å². The van der Waals surface area contributed by atoms with Gasteiger partial charge in [-0.25, -0.2) is 13.2 Å². The van der Waals surface area contributed by atoms with Gasteiger partial charge in [0.05, 0.1) is 13.2 Å². The minimum Gasteiger partial charge on any atom is -0.490 e. The molecule has 3 aromatic rings. The first-order valence-electron chi connectivity index (χ1n) is 12.6. The summed E-state index contributed by atoms with van der Waals surface area (Å²) < 4.78 is 55.4. The summed E-state index contributed by atoms with van der Waals surface area (Å²) in [5.74, 6) is -1.37. The lowest BCUT2D eigenvalue weighted by Gasteiger charge is -2.29. The second-order valence-corrected chi connectivity index (χ2v) is 9.82. The van der Waals surface area contributed by atoms with Crippen LogP contribution in [0, 0.1) is 23.4 Å². The average molecular weight is 481 g/mol. The van der Waals surface area contributed by atoms with Crippen LogP contribution in [0.2, 0.25) is 0 Å². The molecular weight excluding hydrogens is 449 g/mol. The smallest absolute Gasteiger partial charge is 0.166 e. The van der Waals surface area contributed by atoms with Gasteiger partial charge in [-0.05, 0) is 78.3 Å². The van der Waals surface area contributed by atoms with E-state index in [9.17, 15) is 4.39 Å². The lowest BCUT2D eigenvalue weighted by Crippen LogP contribution is -2.20. The molecule has 1 atom stereocenters. The minimum atomic E-state index is -0.772. The van der Waals surface area contributed by atoms with Crippen LogP contribution in [-0.4, -0.2) is 13.2 Å². The molecule has 2 fully saturated rings. The SMILES string of the molecule is CCCc1ccc(-c2ccc(C3CCC(COc4ccc(C5CO5)cc4F)CC3)c(F)c2F)cc1. The molecule has 5 rings (SSSR count). The van der Waals surface area contributed by atoms with Gasteiger partial charge in [0.2, 0.25) is 0 Å². The second-order valence-electron chi connectivity index (χ2n) is 9.82. The van der Waals surface area contributed by atoms with Crippen molar-refractivity contribution in [3.05, 3.63) is 88.7 Å². The molecule has 0 aromatic heterocycles. The van der Waals surface area contributed by atoms with Gasteiger partial charge in [0.1, 0.15) is 6.10 Å². The van der Waals surface area contributed by atoms with Crippen molar-refractivity contribution in [2.75, 3.05) is 13.2 Å². The van der Waals surface area contributed by atoms with E-state index in [2.05, 4.69) is 6.92 Å². The highest BCUT2D eigenvalue weighted by atomic mass is 19.2. The van der Waals surface area contributed by atoms with Gasteiger partial charge in [0.15, 0.2) is 23.2 Å². The van der Waals surface area contributed by atoms with Crippen LogP contribution >= 0.6 is 0 Å². The molecule has 0 radical (unpaired) electrons. The van der Waals surface area contributed by atoms with Gasteiger partial charge in [0, 0.05) is 5.56 Å². The Bertz CT molecular complexity index is 1160. The number of ether oxygens (including phenoxy) is 2. The Hall–Kier alpha value is -2.79. The summed E-state index contributed by atoms with van der Waals surface area (Å²) in [6, 6.07) is 16.1. The highest BCUT2D eigenvalue weighted by Crippen LogP contribution is 2.39. The molecule has 5 heteroatoms. The molecule has 0 amide bonds. The molecule has 184 valence electrons. The quantitative estimate of drug-likeness (QED) is 0.304. The van der Waals surface area contributed by atoms with Crippen molar-refractivity contribution in [1.29, 1.82) is 0 Å². The fraction of sp³-hybridized carbons (Fsp3) is 0.400. The summed E-state index contributed by atoms with van der Waals surface area (Å²) in [4.78, 5) is 0. The first kappa shape index (κ1) is 23.9. The molecule has 2 nitrogen and oxygen atoms in total. The Kier molecular flexibility index (Phi) is 7.14. The van der Waals surface area contributed by atoms with Crippen molar-refractivity contribution in [2.24, 2.45) is 5.92 Å². The van der Waals surface area contributed by atoms with Crippen LogP contribution in [0.1, 0.15) is 67.7 Å². The molecule has 1 saturated carbocycles. The molecule has 3 aromatic carbocycles. The molecule has 1 aliphatic carbocycles. The van der Waals surface area contributed by atoms with Gasteiger partial charge in [0.25, 0.3) is 0 Å². The van der Waals surface area contributed by atoms with Crippen molar-refractivity contribution in [3.63, 3.8) is 0 Å². The monoisotopic (exact) mass is 480 g/mol. The maximum Gasteiger partial charge on any atom is 0.166 e. The van der Waals surface area contributed by atoms with E-state index >= 15 is 8.78 Å². The highest BCUT2D eigenvalue weighted by Gasteiger charge is 2.28. The molecule has 35 heavy (non-hydrogen) atoms. The van der Waals surface area contributed by atoms with E-state index in [1.807, 2.05) is 30.3 Å². The predicted octanol–water partition coefficient (Wildman–Crippen LogP) is 8.15. The van der Waals surface area contributed by atoms with E-state index in [0.29, 0.717) is 29.9 Å². The van der Waals surface area contributed by atoms with Gasteiger partial charge >= 0.3 is 0 Å². The van der Waals surface area contributed by atoms with E-state index in [1.165, 1.54) is 11.6 Å². The number of epoxide rings is 1. The summed E-state index contributed by atoms with van der Waals surface area (Å²) in [6.07, 6.45) is 5.22. The van der Waals surface area contributed by atoms with Crippen LogP contribution in [0.5, 0.6) is 5.75 Å². The Balaban J connectivity index is 1.18. The zero-order chi connectivity index (χ0) is 24.4. The lowest BCUT2D eigenvalue weighted by atomic mass is 9.78. The number of benzene rings is 3. The van der Waals surface area contributed by atoms with Gasteiger partial charge in [-0.15, -0.1) is 0 Å². The fourth-order valence-electron chi connectivity index (χ4n) is 5.17. The van der Waals surface area contributed by atoms with Crippen LogP contribution in [-0.2, 0) is 11.2 Å². The summed E-state index contributed by atoms with van der Waals surface area (Å²) in [5, 5.41) is 0. The molecule has 0 spiro atoms. The molecular formula is C30H31F3O2. The van der Waals surface area contributed by atoms with Crippen molar-refractivity contribution >= 4 is 0 Å². The van der Waals surface area contributed by atoms with Crippen LogP contribution in [0.15, 0.2) is 54.6 Å².